The van der Waals surface area contributed by atoms with Crippen LogP contribution in [0.1, 0.15) is 88.9 Å². The van der Waals surface area contributed by atoms with Gasteiger partial charge < -0.3 is 34.5 Å². The van der Waals surface area contributed by atoms with Gasteiger partial charge in [-0.1, -0.05) is 39.3 Å². The average molecular weight is 631 g/mol. The number of ether oxygens (including phenoxy) is 4. The summed E-state index contributed by atoms with van der Waals surface area (Å²) in [6, 6.07) is 8.49. The quantitative estimate of drug-likeness (QED) is 0.166. The van der Waals surface area contributed by atoms with Crippen LogP contribution in [0.25, 0.3) is 21.5 Å². The lowest BCUT2D eigenvalue weighted by molar-refractivity contribution is -0.145. The van der Waals surface area contributed by atoms with Gasteiger partial charge in [-0.2, -0.15) is 0 Å². The van der Waals surface area contributed by atoms with Gasteiger partial charge in [0, 0.05) is 22.1 Å². The molecule has 3 aromatic rings. The van der Waals surface area contributed by atoms with Gasteiger partial charge in [0.2, 0.25) is 6.79 Å². The standard InChI is InChI=1S/C37H44NO8/c1-34(2)12-6-13-35(3)28(34)11-14-36-17-21(9-10-29(35)36)37(18-36,19-39)46-33(40)24-16-27-32(45-20-44-27)31-22-7-5-8-26(43-4)23(22)15-25(30(24)31)38(41)42/h5,7-8,15-16,21,28-29,39,41H,6,9-14,17-20H2,1-4H3/q-1. The number of methoxy groups -OCH3 is 1. The van der Waals surface area contributed by atoms with Crippen LogP contribution in [0.4, 0.5) is 5.69 Å². The molecule has 6 atom stereocenters. The summed E-state index contributed by atoms with van der Waals surface area (Å²) in [5, 5.41) is 35.8. The van der Waals surface area contributed by atoms with Crippen LogP contribution >= 0.6 is 0 Å². The Kier molecular flexibility index (Phi) is 6.62. The molecular formula is C37H44NO8-. The fourth-order valence-electron chi connectivity index (χ4n) is 11.7. The minimum atomic E-state index is -1.03. The number of esters is 1. The van der Waals surface area contributed by atoms with E-state index >= 15 is 0 Å². The molecule has 1 aliphatic heterocycles. The highest BCUT2D eigenvalue weighted by Crippen LogP contribution is 2.73. The van der Waals surface area contributed by atoms with Gasteiger partial charge >= 0.3 is 5.97 Å². The van der Waals surface area contributed by atoms with Gasteiger partial charge in [-0.3, -0.25) is 5.21 Å². The van der Waals surface area contributed by atoms with Gasteiger partial charge in [0.05, 0.1) is 25.0 Å². The molecule has 0 radical (unpaired) electrons. The molecule has 1 heterocycles. The largest absolute Gasteiger partial charge is 0.733 e. The molecule has 1 spiro atoms. The number of aliphatic hydroxyl groups is 1. The SMILES string of the molecule is COc1cccc2c1cc(N([O-])O)c1c(C(=O)OC3(CO)CC45CCC6C(C)(C)CCCC6(C)C4CCC3C5)cc3c(c12)OCO3. The first-order valence-electron chi connectivity index (χ1n) is 16.8. The molecule has 3 aromatic carbocycles. The molecule has 0 amide bonds. The Morgan fingerprint density at radius 1 is 1.04 bits per heavy atom. The van der Waals surface area contributed by atoms with Crippen LogP contribution in [0, 0.1) is 39.2 Å². The molecule has 46 heavy (non-hydrogen) atoms. The fraction of sp³-hybridized carbons (Fsp3) is 0.595. The van der Waals surface area contributed by atoms with Gasteiger partial charge in [0.15, 0.2) is 11.5 Å². The van der Waals surface area contributed by atoms with Gasteiger partial charge in [0.1, 0.15) is 11.4 Å². The van der Waals surface area contributed by atoms with Crippen molar-refractivity contribution in [2.75, 3.05) is 25.7 Å². The fourth-order valence-corrected chi connectivity index (χ4v) is 11.7. The lowest BCUT2D eigenvalue weighted by Gasteiger charge is -2.63. The van der Waals surface area contributed by atoms with E-state index in [0.717, 1.165) is 25.7 Å². The highest BCUT2D eigenvalue weighted by molar-refractivity contribution is 6.23. The zero-order chi connectivity index (χ0) is 32.2. The number of aliphatic hydroxyl groups excluding tert-OH is 1. The first-order valence-corrected chi connectivity index (χ1v) is 16.8. The van der Waals surface area contributed by atoms with E-state index in [1.807, 2.05) is 12.1 Å². The van der Waals surface area contributed by atoms with Crippen LogP contribution in [-0.2, 0) is 4.74 Å². The zero-order valence-electron chi connectivity index (χ0n) is 27.2. The van der Waals surface area contributed by atoms with Gasteiger partial charge in [-0.25, -0.2) is 4.79 Å². The third-order valence-corrected chi connectivity index (χ3v) is 13.3. The molecule has 2 bridgehead atoms. The van der Waals surface area contributed by atoms with E-state index in [1.54, 1.807) is 6.07 Å². The summed E-state index contributed by atoms with van der Waals surface area (Å²) in [6.07, 6.45) is 9.62. The smallest absolute Gasteiger partial charge is 0.339 e. The lowest BCUT2D eigenvalue weighted by atomic mass is 9.41. The number of carbonyl (C=O) groups excluding carboxylic acids is 1. The lowest BCUT2D eigenvalue weighted by Crippen LogP contribution is -2.55. The second-order valence-electron chi connectivity index (χ2n) is 15.8. The van der Waals surface area contributed by atoms with Crippen LogP contribution in [0.2, 0.25) is 0 Å². The number of rotatable bonds is 5. The Balaban J connectivity index is 1.22. The molecule has 5 aliphatic rings. The van der Waals surface area contributed by atoms with Crippen molar-refractivity contribution in [3.63, 3.8) is 0 Å². The van der Waals surface area contributed by atoms with E-state index in [4.69, 9.17) is 18.9 Å². The van der Waals surface area contributed by atoms with E-state index in [-0.39, 0.29) is 52.0 Å². The minimum absolute atomic E-state index is 0.0242. The van der Waals surface area contributed by atoms with Gasteiger partial charge in [0.25, 0.3) is 0 Å². The van der Waals surface area contributed by atoms with Crippen molar-refractivity contribution in [2.45, 2.75) is 84.2 Å². The van der Waals surface area contributed by atoms with Crippen molar-refractivity contribution in [3.05, 3.63) is 41.1 Å². The molecule has 0 aromatic heterocycles. The molecule has 9 heteroatoms. The monoisotopic (exact) mass is 630 g/mol. The normalized spacial score (nSPS) is 33.8. The van der Waals surface area contributed by atoms with Crippen LogP contribution < -0.4 is 19.4 Å². The van der Waals surface area contributed by atoms with Crippen LogP contribution in [-0.4, -0.2) is 42.4 Å². The maximum absolute atomic E-state index is 14.5. The highest BCUT2D eigenvalue weighted by atomic mass is 16.8. The van der Waals surface area contributed by atoms with E-state index in [1.165, 1.54) is 44.9 Å². The van der Waals surface area contributed by atoms with Crippen LogP contribution in [0.15, 0.2) is 30.3 Å². The number of hydrogen-bond acceptors (Lipinski definition) is 9. The molecule has 6 unspecified atom stereocenters. The van der Waals surface area contributed by atoms with Crippen molar-refractivity contribution in [1.82, 2.24) is 0 Å². The summed E-state index contributed by atoms with van der Waals surface area (Å²) < 4.78 is 23.8. The van der Waals surface area contributed by atoms with Crippen molar-refractivity contribution in [1.29, 1.82) is 0 Å². The van der Waals surface area contributed by atoms with E-state index in [0.29, 0.717) is 57.1 Å². The molecule has 4 saturated carbocycles. The summed E-state index contributed by atoms with van der Waals surface area (Å²) in [5.41, 5.74) is -0.496. The third kappa shape index (κ3) is 4.00. The van der Waals surface area contributed by atoms with Gasteiger partial charge in [-0.15, -0.1) is 0 Å². The Labute approximate surface area is 269 Å². The topological polar surface area (TPSA) is 121 Å². The molecule has 246 valence electrons. The number of fused-ring (bicyclic) bond motifs is 8. The Hall–Kier alpha value is -3.27. The van der Waals surface area contributed by atoms with Crippen LogP contribution in [0.5, 0.6) is 17.2 Å². The molecule has 0 saturated heterocycles. The Morgan fingerprint density at radius 2 is 1.87 bits per heavy atom. The number of carbonyl (C=O) groups is 1. The molecule has 4 fully saturated rings. The number of benzene rings is 3. The molecule has 2 N–H and O–H groups in total. The Morgan fingerprint density at radius 3 is 2.63 bits per heavy atom. The molecular weight excluding hydrogens is 586 g/mol. The number of hydrogen-bond donors (Lipinski definition) is 2. The van der Waals surface area contributed by atoms with E-state index in [2.05, 4.69) is 20.8 Å². The predicted molar refractivity (Wildman–Crippen MR) is 173 cm³/mol. The summed E-state index contributed by atoms with van der Waals surface area (Å²) >= 11 is 0. The van der Waals surface area contributed by atoms with Crippen LogP contribution in [0.3, 0.4) is 0 Å². The summed E-state index contributed by atoms with van der Waals surface area (Å²) in [7, 11) is 1.53. The second kappa shape index (κ2) is 10.1. The average Bonchev–Trinajstić information content (AvgIpc) is 3.59. The van der Waals surface area contributed by atoms with Gasteiger partial charge in [-0.05, 0) is 103 Å². The van der Waals surface area contributed by atoms with E-state index < -0.39 is 11.6 Å². The van der Waals surface area contributed by atoms with Crippen molar-refractivity contribution in [2.24, 2.45) is 34.0 Å². The zero-order valence-corrected chi connectivity index (χ0v) is 27.2. The summed E-state index contributed by atoms with van der Waals surface area (Å²) in [5.74, 6) is 1.83. The highest BCUT2D eigenvalue weighted by Gasteiger charge is 2.68. The second-order valence-corrected chi connectivity index (χ2v) is 15.8. The van der Waals surface area contributed by atoms with Crippen molar-refractivity contribution < 1.29 is 34.1 Å². The molecule has 8 rings (SSSR count). The first-order chi connectivity index (χ1) is 22.0. The van der Waals surface area contributed by atoms with Crippen molar-refractivity contribution in [3.8, 4) is 17.2 Å². The van der Waals surface area contributed by atoms with E-state index in [9.17, 15) is 20.3 Å². The van der Waals surface area contributed by atoms with Crippen molar-refractivity contribution >= 4 is 33.2 Å². The number of anilines is 1. The summed E-state index contributed by atoms with van der Waals surface area (Å²) in [4.78, 5) is 14.5. The maximum atomic E-state index is 14.5. The summed E-state index contributed by atoms with van der Waals surface area (Å²) in [6.45, 7) is 7.12. The Bertz CT molecular complexity index is 1750. The minimum Gasteiger partial charge on any atom is -0.733 e. The third-order valence-electron chi connectivity index (χ3n) is 13.3. The first kappa shape index (κ1) is 30.1. The molecule has 9 nitrogen and oxygen atoms in total. The molecule has 4 aliphatic carbocycles. The predicted octanol–water partition coefficient (Wildman–Crippen LogP) is 7.74. The number of nitrogens with zero attached hydrogens (tertiary/aromatic N) is 1. The maximum Gasteiger partial charge on any atom is 0.339 e.